The second-order valence-corrected chi connectivity index (χ2v) is 4.59. The number of nitrogens with zero attached hydrogens (tertiary/aromatic N) is 1. The predicted molar refractivity (Wildman–Crippen MR) is 60.4 cm³/mol. The highest BCUT2D eigenvalue weighted by Crippen LogP contribution is 2.35. The maximum atomic E-state index is 14.1. The van der Waals surface area contributed by atoms with Gasteiger partial charge in [0.15, 0.2) is 5.57 Å². The summed E-state index contributed by atoms with van der Waals surface area (Å²) in [6, 6.07) is 7.29. The van der Waals surface area contributed by atoms with Gasteiger partial charge in [-0.1, -0.05) is 18.2 Å². The smallest absolute Gasteiger partial charge is 0.425 e. The van der Waals surface area contributed by atoms with Crippen molar-refractivity contribution in [1.29, 1.82) is 0 Å². The van der Waals surface area contributed by atoms with Gasteiger partial charge in [0.1, 0.15) is 0 Å². The summed E-state index contributed by atoms with van der Waals surface area (Å²) in [6.07, 6.45) is 0.0168. The highest BCUT2D eigenvalue weighted by Gasteiger charge is 2.47. The quantitative estimate of drug-likeness (QED) is 0.595. The van der Waals surface area contributed by atoms with E-state index >= 15 is 0 Å². The van der Waals surface area contributed by atoms with Crippen LogP contribution >= 0.6 is 16.1 Å². The fourth-order valence-electron chi connectivity index (χ4n) is 1.76. The van der Waals surface area contributed by atoms with Crippen molar-refractivity contribution in [2.24, 2.45) is 0 Å². The molecule has 2 rings (SSSR count). The first-order valence-corrected chi connectivity index (χ1v) is 5.30. The molecule has 0 saturated heterocycles. The predicted octanol–water partition coefficient (Wildman–Crippen LogP) is 1.08. The van der Waals surface area contributed by atoms with Gasteiger partial charge in [-0.05, 0) is 11.6 Å². The Morgan fingerprint density at radius 1 is 1.40 bits per heavy atom. The highest BCUT2D eigenvalue weighted by atomic mass is 79.9. The Morgan fingerprint density at radius 2 is 2.07 bits per heavy atom. The summed E-state index contributed by atoms with van der Waals surface area (Å²) in [6.45, 7) is -0.0817. The van der Waals surface area contributed by atoms with Crippen LogP contribution in [0.25, 0.3) is 0 Å². The van der Waals surface area contributed by atoms with Gasteiger partial charge in [0, 0.05) is 22.6 Å². The van der Waals surface area contributed by atoms with E-state index in [-0.39, 0.29) is 13.0 Å². The van der Waals surface area contributed by atoms with Gasteiger partial charge in [0.25, 0.3) is 0 Å². The number of anilines is 1. The Kier molecular flexibility index (Phi) is 2.74. The van der Waals surface area contributed by atoms with Crippen molar-refractivity contribution in [2.45, 2.75) is 12.0 Å². The molecule has 80 valence electrons. The molecule has 0 amide bonds. The van der Waals surface area contributed by atoms with E-state index in [9.17, 15) is 4.39 Å². The number of hydrogen-bond donors (Lipinski definition) is 2. The van der Waals surface area contributed by atoms with E-state index in [0.717, 1.165) is 11.3 Å². The molecular formula is C9H10BBrFNO2. The second kappa shape index (κ2) is 3.77. The van der Waals surface area contributed by atoms with E-state index in [1.807, 2.05) is 12.1 Å². The number of benzene rings is 1. The van der Waals surface area contributed by atoms with E-state index in [1.165, 1.54) is 3.93 Å². The third kappa shape index (κ3) is 1.89. The van der Waals surface area contributed by atoms with Crippen molar-refractivity contribution in [2.75, 3.05) is 10.5 Å². The van der Waals surface area contributed by atoms with Gasteiger partial charge in [-0.2, -0.15) is 0 Å². The first-order valence-electron chi connectivity index (χ1n) is 4.59. The number of hydrogen-bond acceptors (Lipinski definition) is 3. The molecular weight excluding hydrogens is 264 g/mol. The molecule has 6 heteroatoms. The third-order valence-electron chi connectivity index (χ3n) is 2.60. The number of halogens is 2. The molecule has 1 aromatic carbocycles. The van der Waals surface area contributed by atoms with E-state index < -0.39 is 12.7 Å². The largest absolute Gasteiger partial charge is 0.493 e. The van der Waals surface area contributed by atoms with Crippen LogP contribution in [0.5, 0.6) is 0 Å². The van der Waals surface area contributed by atoms with Gasteiger partial charge in [0.2, 0.25) is 0 Å². The summed E-state index contributed by atoms with van der Waals surface area (Å²) in [5, 5.41) is 18.0. The third-order valence-corrected chi connectivity index (χ3v) is 3.23. The molecule has 0 bridgehead atoms. The standard InChI is InChI=1S/C9H10BBrFNO2/c11-13-6-9(12,10(14)15)5-7-3-1-2-4-8(7)13/h1-4,14-15H,5-6H2. The van der Waals surface area contributed by atoms with Crippen LogP contribution in [0.15, 0.2) is 24.3 Å². The zero-order valence-electron chi connectivity index (χ0n) is 7.90. The molecule has 0 aliphatic carbocycles. The average Bonchev–Trinajstić information content (AvgIpc) is 2.17. The Balaban J connectivity index is 2.38. The monoisotopic (exact) mass is 273 g/mol. The topological polar surface area (TPSA) is 43.7 Å². The fourth-order valence-corrected chi connectivity index (χ4v) is 2.52. The van der Waals surface area contributed by atoms with Gasteiger partial charge in [-0.25, -0.2) is 4.39 Å². The first kappa shape index (κ1) is 10.9. The van der Waals surface area contributed by atoms with Crippen LogP contribution in [0.1, 0.15) is 5.56 Å². The van der Waals surface area contributed by atoms with Crippen LogP contribution < -0.4 is 3.93 Å². The van der Waals surface area contributed by atoms with Crippen molar-refractivity contribution in [3.8, 4) is 0 Å². The number of rotatable bonds is 1. The maximum absolute atomic E-state index is 14.1. The van der Waals surface area contributed by atoms with Gasteiger partial charge in [0.05, 0.1) is 12.2 Å². The first-order chi connectivity index (χ1) is 7.03. The summed E-state index contributed by atoms with van der Waals surface area (Å²) < 4.78 is 15.6. The van der Waals surface area contributed by atoms with Crippen LogP contribution in [0, 0.1) is 0 Å². The molecule has 0 aromatic heterocycles. The Bertz CT molecular complexity index is 379. The molecule has 3 nitrogen and oxygen atoms in total. The van der Waals surface area contributed by atoms with Crippen molar-refractivity contribution in [3.05, 3.63) is 29.8 Å². The lowest BCUT2D eigenvalue weighted by Crippen LogP contribution is -2.53. The molecule has 15 heavy (non-hydrogen) atoms. The molecule has 1 unspecified atom stereocenters. The number of alkyl halides is 1. The molecule has 0 saturated carbocycles. The molecule has 1 aromatic rings. The van der Waals surface area contributed by atoms with Crippen LogP contribution in [-0.4, -0.2) is 29.3 Å². The minimum Gasteiger partial charge on any atom is -0.425 e. The van der Waals surface area contributed by atoms with Gasteiger partial charge < -0.3 is 14.0 Å². The molecule has 0 spiro atoms. The van der Waals surface area contributed by atoms with Crippen LogP contribution in [0.2, 0.25) is 0 Å². The highest BCUT2D eigenvalue weighted by molar-refractivity contribution is 9.10. The molecule has 0 fully saturated rings. The Hall–Kier alpha value is -0.585. The summed E-state index contributed by atoms with van der Waals surface area (Å²) in [4.78, 5) is 0. The normalized spacial score (nSPS) is 24.9. The zero-order chi connectivity index (χ0) is 11.1. The fraction of sp³-hybridized carbons (Fsp3) is 0.333. The molecule has 2 N–H and O–H groups in total. The number of fused-ring (bicyclic) bond motifs is 1. The van der Waals surface area contributed by atoms with Crippen molar-refractivity contribution in [1.82, 2.24) is 0 Å². The molecule has 0 radical (unpaired) electrons. The van der Waals surface area contributed by atoms with Gasteiger partial charge in [-0.15, -0.1) is 0 Å². The minimum atomic E-state index is -2.02. The lowest BCUT2D eigenvalue weighted by Gasteiger charge is -2.35. The van der Waals surface area contributed by atoms with Crippen molar-refractivity contribution < 1.29 is 14.4 Å². The van der Waals surface area contributed by atoms with E-state index in [1.54, 1.807) is 12.1 Å². The van der Waals surface area contributed by atoms with E-state index in [2.05, 4.69) is 16.1 Å². The minimum absolute atomic E-state index is 0.0168. The van der Waals surface area contributed by atoms with Crippen LogP contribution in [0.3, 0.4) is 0 Å². The lowest BCUT2D eigenvalue weighted by atomic mass is 9.65. The molecule has 1 heterocycles. The second-order valence-electron chi connectivity index (χ2n) is 3.73. The van der Waals surface area contributed by atoms with Gasteiger partial charge >= 0.3 is 7.12 Å². The van der Waals surface area contributed by atoms with Crippen molar-refractivity contribution in [3.63, 3.8) is 0 Å². The van der Waals surface area contributed by atoms with Crippen LogP contribution in [0.4, 0.5) is 10.1 Å². The maximum Gasteiger partial charge on any atom is 0.493 e. The molecule has 1 aliphatic heterocycles. The molecule has 1 atom stereocenters. The average molecular weight is 274 g/mol. The summed E-state index contributed by atoms with van der Waals surface area (Å²) in [5.41, 5.74) is -0.389. The van der Waals surface area contributed by atoms with E-state index in [0.29, 0.717) is 0 Å². The zero-order valence-corrected chi connectivity index (χ0v) is 9.48. The Morgan fingerprint density at radius 3 is 2.73 bits per heavy atom. The lowest BCUT2D eigenvalue weighted by molar-refractivity contribution is 0.199. The summed E-state index contributed by atoms with van der Waals surface area (Å²) in [7, 11) is -1.97. The van der Waals surface area contributed by atoms with Crippen LogP contribution in [-0.2, 0) is 6.42 Å². The summed E-state index contributed by atoms with van der Waals surface area (Å²) >= 11 is 3.20. The Labute approximate surface area is 96.0 Å². The van der Waals surface area contributed by atoms with Crippen molar-refractivity contribution >= 4 is 29.0 Å². The number of para-hydroxylation sites is 1. The molecule has 1 aliphatic rings. The van der Waals surface area contributed by atoms with E-state index in [4.69, 9.17) is 10.0 Å². The van der Waals surface area contributed by atoms with Gasteiger partial charge in [-0.3, -0.25) is 0 Å². The SMILES string of the molecule is OB(O)C1(F)Cc2ccccc2N(Br)C1. The summed E-state index contributed by atoms with van der Waals surface area (Å²) in [5.74, 6) is 0.